The van der Waals surface area contributed by atoms with Crippen LogP contribution < -0.4 is 0 Å². The van der Waals surface area contributed by atoms with Crippen molar-refractivity contribution in [1.29, 1.82) is 0 Å². The van der Waals surface area contributed by atoms with E-state index in [1.807, 2.05) is 17.5 Å². The van der Waals surface area contributed by atoms with Crippen LogP contribution in [0.25, 0.3) is 0 Å². The van der Waals surface area contributed by atoms with Gasteiger partial charge in [-0.1, -0.05) is 6.92 Å². The van der Waals surface area contributed by atoms with Crippen LogP contribution in [0, 0.1) is 0 Å². The van der Waals surface area contributed by atoms with Gasteiger partial charge in [0.05, 0.1) is 17.2 Å². The molecule has 0 spiro atoms. The van der Waals surface area contributed by atoms with Gasteiger partial charge in [0.2, 0.25) is 0 Å². The summed E-state index contributed by atoms with van der Waals surface area (Å²) in [6.45, 7) is 11.8. The average molecular weight is 334 g/mol. The predicted octanol–water partition coefficient (Wildman–Crippen LogP) is 2.63. The lowest BCUT2D eigenvalue weighted by molar-refractivity contribution is 0.118. The van der Waals surface area contributed by atoms with Crippen molar-refractivity contribution in [2.75, 3.05) is 26.2 Å². The second-order valence-electron chi connectivity index (χ2n) is 6.16. The summed E-state index contributed by atoms with van der Waals surface area (Å²) < 4.78 is 2.23. The molecule has 0 atom stereocenters. The second-order valence-corrected chi connectivity index (χ2v) is 7.11. The van der Waals surface area contributed by atoms with E-state index in [2.05, 4.69) is 44.8 Å². The fourth-order valence-electron chi connectivity index (χ4n) is 3.06. The minimum absolute atomic E-state index is 0.964. The lowest BCUT2D eigenvalue weighted by Gasteiger charge is -2.34. The van der Waals surface area contributed by atoms with E-state index < -0.39 is 0 Å². The van der Waals surface area contributed by atoms with Crippen LogP contribution in [0.1, 0.15) is 36.8 Å². The molecule has 2 aromatic heterocycles. The Bertz CT molecular complexity index is 598. The first kappa shape index (κ1) is 16.6. The molecule has 0 bridgehead atoms. The number of hydrogen-bond acceptors (Lipinski definition) is 5. The zero-order chi connectivity index (χ0) is 16.1. The van der Waals surface area contributed by atoms with Crippen molar-refractivity contribution in [1.82, 2.24) is 24.3 Å². The Labute approximate surface area is 143 Å². The molecule has 6 heteroatoms. The van der Waals surface area contributed by atoms with Crippen molar-refractivity contribution < 1.29 is 0 Å². The van der Waals surface area contributed by atoms with Crippen molar-refractivity contribution in [3.8, 4) is 0 Å². The van der Waals surface area contributed by atoms with Gasteiger partial charge in [-0.15, -0.1) is 11.3 Å². The van der Waals surface area contributed by atoms with E-state index in [-0.39, 0.29) is 0 Å². The van der Waals surface area contributed by atoms with Gasteiger partial charge in [0, 0.05) is 57.0 Å². The molecule has 0 aromatic carbocycles. The summed E-state index contributed by atoms with van der Waals surface area (Å²) in [5, 5.41) is 3.52. The minimum Gasteiger partial charge on any atom is -0.334 e. The van der Waals surface area contributed by atoms with E-state index in [4.69, 9.17) is 4.98 Å². The van der Waals surface area contributed by atoms with Gasteiger partial charge in [-0.2, -0.15) is 0 Å². The second kappa shape index (κ2) is 8.04. The predicted molar refractivity (Wildman–Crippen MR) is 94.6 cm³/mol. The molecule has 2 aromatic rings. The number of rotatable bonds is 7. The van der Waals surface area contributed by atoms with Gasteiger partial charge in [-0.25, -0.2) is 9.97 Å². The van der Waals surface area contributed by atoms with Crippen molar-refractivity contribution in [2.24, 2.45) is 0 Å². The largest absolute Gasteiger partial charge is 0.334 e. The number of nitrogens with zero attached hydrogens (tertiary/aromatic N) is 5. The van der Waals surface area contributed by atoms with E-state index in [1.54, 1.807) is 0 Å². The first-order chi connectivity index (χ1) is 11.3. The maximum absolute atomic E-state index is 4.75. The maximum Gasteiger partial charge on any atom is 0.122 e. The highest BCUT2D eigenvalue weighted by atomic mass is 32.1. The smallest absolute Gasteiger partial charge is 0.122 e. The molecule has 3 rings (SSSR count). The monoisotopic (exact) mass is 333 g/mol. The topological polar surface area (TPSA) is 37.2 Å². The van der Waals surface area contributed by atoms with Gasteiger partial charge in [0.15, 0.2) is 0 Å². The molecule has 0 unspecified atom stereocenters. The molecule has 126 valence electrons. The van der Waals surface area contributed by atoms with Crippen molar-refractivity contribution in [3.63, 3.8) is 0 Å². The maximum atomic E-state index is 4.75. The highest BCUT2D eigenvalue weighted by molar-refractivity contribution is 7.09. The minimum atomic E-state index is 0.964. The highest BCUT2D eigenvalue weighted by Crippen LogP contribution is 2.15. The lowest BCUT2D eigenvalue weighted by Crippen LogP contribution is -2.45. The molecule has 23 heavy (non-hydrogen) atoms. The van der Waals surface area contributed by atoms with Gasteiger partial charge in [0.25, 0.3) is 0 Å². The molecular weight excluding hydrogens is 306 g/mol. The third kappa shape index (κ3) is 4.40. The van der Waals surface area contributed by atoms with E-state index in [1.165, 1.54) is 22.9 Å². The molecule has 1 aliphatic heterocycles. The van der Waals surface area contributed by atoms with E-state index in [0.29, 0.717) is 0 Å². The van der Waals surface area contributed by atoms with Crippen molar-refractivity contribution >= 4 is 11.3 Å². The number of imidazole rings is 1. The van der Waals surface area contributed by atoms with Crippen LogP contribution >= 0.6 is 11.3 Å². The molecule has 1 saturated heterocycles. The molecule has 0 radical (unpaired) electrons. The van der Waals surface area contributed by atoms with Gasteiger partial charge in [0.1, 0.15) is 5.82 Å². The number of thiazole rings is 1. The lowest BCUT2D eigenvalue weighted by atomic mass is 10.3. The summed E-state index contributed by atoms with van der Waals surface area (Å²) in [6.07, 6.45) is 6.27. The summed E-state index contributed by atoms with van der Waals surface area (Å²) >= 11 is 1.81. The van der Waals surface area contributed by atoms with Gasteiger partial charge >= 0.3 is 0 Å². The Morgan fingerprint density at radius 3 is 2.52 bits per heavy atom. The van der Waals surface area contributed by atoms with Gasteiger partial charge in [-0.05, 0) is 19.8 Å². The fraction of sp³-hybridized carbons (Fsp3) is 0.647. The Morgan fingerprint density at radius 1 is 1.09 bits per heavy atom. The molecule has 1 aliphatic rings. The first-order valence-electron chi connectivity index (χ1n) is 8.66. The van der Waals surface area contributed by atoms with Crippen LogP contribution in [0.15, 0.2) is 17.8 Å². The van der Waals surface area contributed by atoms with Crippen LogP contribution in [0.3, 0.4) is 0 Å². The molecule has 3 heterocycles. The van der Waals surface area contributed by atoms with E-state index in [9.17, 15) is 0 Å². The summed E-state index contributed by atoms with van der Waals surface area (Å²) in [6, 6.07) is 0. The van der Waals surface area contributed by atoms with Crippen LogP contribution in [0.5, 0.6) is 0 Å². The molecule has 0 N–H and O–H groups in total. The summed E-state index contributed by atoms with van der Waals surface area (Å²) in [5.74, 6) is 1.18. The number of piperazine rings is 1. The van der Waals surface area contributed by atoms with Crippen LogP contribution in [0.4, 0.5) is 0 Å². The third-order valence-electron chi connectivity index (χ3n) is 4.42. The van der Waals surface area contributed by atoms with E-state index >= 15 is 0 Å². The Morgan fingerprint density at radius 2 is 1.83 bits per heavy atom. The zero-order valence-corrected chi connectivity index (χ0v) is 15.1. The fourth-order valence-corrected chi connectivity index (χ4v) is 3.96. The molecule has 0 aliphatic carbocycles. The Hall–Kier alpha value is -1.24. The first-order valence-corrected chi connectivity index (χ1v) is 9.54. The van der Waals surface area contributed by atoms with Gasteiger partial charge in [-0.3, -0.25) is 9.80 Å². The van der Waals surface area contributed by atoms with E-state index in [0.717, 1.165) is 52.2 Å². The molecular formula is C17H27N5S. The zero-order valence-electron chi connectivity index (χ0n) is 14.2. The molecule has 5 nitrogen and oxygen atoms in total. The van der Waals surface area contributed by atoms with Crippen LogP contribution in [0.2, 0.25) is 0 Å². The normalized spacial score (nSPS) is 17.0. The average Bonchev–Trinajstić information content (AvgIpc) is 3.19. The highest BCUT2D eigenvalue weighted by Gasteiger charge is 2.19. The Balaban J connectivity index is 1.46. The molecule has 1 fully saturated rings. The van der Waals surface area contributed by atoms with Crippen molar-refractivity contribution in [2.45, 2.75) is 46.3 Å². The summed E-state index contributed by atoms with van der Waals surface area (Å²) in [4.78, 5) is 14.3. The van der Waals surface area contributed by atoms with Crippen LogP contribution in [-0.4, -0.2) is 50.5 Å². The quantitative estimate of drug-likeness (QED) is 0.780. The number of hydrogen-bond donors (Lipinski definition) is 0. The Kier molecular flexibility index (Phi) is 5.80. The summed E-state index contributed by atoms with van der Waals surface area (Å²) in [7, 11) is 0. The van der Waals surface area contributed by atoms with Crippen molar-refractivity contribution in [3.05, 3.63) is 34.3 Å². The number of aromatic nitrogens is 3. The summed E-state index contributed by atoms with van der Waals surface area (Å²) in [5.41, 5.74) is 1.24. The SMILES string of the molecule is CCCc1nc(CN2CCN(Cc3nccn3CC)CC2)cs1. The molecule has 0 saturated carbocycles. The third-order valence-corrected chi connectivity index (χ3v) is 5.38. The van der Waals surface area contributed by atoms with Gasteiger partial charge < -0.3 is 4.57 Å². The standard InChI is InChI=1S/C17H27N5S/c1-3-5-17-19-15(14-23-17)12-20-8-10-21(11-9-20)13-16-18-6-7-22(16)4-2/h6-7,14H,3-5,8-13H2,1-2H3. The van der Waals surface area contributed by atoms with Crippen LogP contribution in [-0.2, 0) is 26.1 Å². The molecule has 0 amide bonds. The number of aryl methyl sites for hydroxylation is 2.